The van der Waals surface area contributed by atoms with Gasteiger partial charge in [0.2, 0.25) is 11.8 Å². The monoisotopic (exact) mass is 485 g/mol. The van der Waals surface area contributed by atoms with Crippen molar-refractivity contribution in [3.63, 3.8) is 0 Å². The third-order valence-electron chi connectivity index (χ3n) is 5.23. The Morgan fingerprint density at radius 3 is 2.20 bits per heavy atom. The first-order valence-corrected chi connectivity index (χ1v) is 12.6. The van der Waals surface area contributed by atoms with Crippen LogP contribution in [0.1, 0.15) is 91.3 Å². The van der Waals surface area contributed by atoms with Crippen molar-refractivity contribution >= 4 is 17.9 Å². The summed E-state index contributed by atoms with van der Waals surface area (Å²) in [6.45, 7) is 14.1. The van der Waals surface area contributed by atoms with Gasteiger partial charge in [-0.15, -0.1) is 6.42 Å². The van der Waals surface area contributed by atoms with Crippen molar-refractivity contribution in [3.8, 4) is 12.3 Å². The fraction of sp³-hybridized carbons (Fsp3) is 0.607. The Morgan fingerprint density at radius 2 is 1.71 bits per heavy atom. The van der Waals surface area contributed by atoms with Crippen molar-refractivity contribution in [2.45, 2.75) is 91.8 Å². The molecule has 0 aliphatic heterocycles. The molecule has 1 aromatic carbocycles. The van der Waals surface area contributed by atoms with Crippen molar-refractivity contribution in [1.29, 1.82) is 0 Å². The summed E-state index contributed by atoms with van der Waals surface area (Å²) >= 11 is 0. The zero-order valence-electron chi connectivity index (χ0n) is 22.4. The summed E-state index contributed by atoms with van der Waals surface area (Å²) in [6, 6.07) is 5.43. The van der Waals surface area contributed by atoms with Crippen molar-refractivity contribution < 1.29 is 19.1 Å². The van der Waals surface area contributed by atoms with Crippen LogP contribution in [0.2, 0.25) is 0 Å². The largest absolute Gasteiger partial charge is 0.444 e. The summed E-state index contributed by atoms with van der Waals surface area (Å²) < 4.78 is 5.40. The molecule has 0 saturated carbocycles. The molecule has 0 aliphatic carbocycles. The predicted molar refractivity (Wildman–Crippen MR) is 140 cm³/mol. The van der Waals surface area contributed by atoms with E-state index >= 15 is 0 Å². The van der Waals surface area contributed by atoms with Gasteiger partial charge in [0.25, 0.3) is 0 Å². The third-order valence-corrected chi connectivity index (χ3v) is 5.23. The SMILES string of the molecule is C#Cc1ccc(C(C(=O)NCCCC)N(CCC)C(=O)C(CC(C)C)NC(=O)OC(C)(C)C)cc1. The summed E-state index contributed by atoms with van der Waals surface area (Å²) in [7, 11) is 0. The molecule has 0 aliphatic rings. The summed E-state index contributed by atoms with van der Waals surface area (Å²) in [4.78, 5) is 41.4. The van der Waals surface area contributed by atoms with Gasteiger partial charge < -0.3 is 20.3 Å². The lowest BCUT2D eigenvalue weighted by atomic mass is 9.98. The zero-order chi connectivity index (χ0) is 26.6. The van der Waals surface area contributed by atoms with E-state index in [4.69, 9.17) is 11.2 Å². The summed E-state index contributed by atoms with van der Waals surface area (Å²) in [5.74, 6) is 2.14. The Labute approximate surface area is 211 Å². The summed E-state index contributed by atoms with van der Waals surface area (Å²) in [5, 5.41) is 5.72. The molecule has 35 heavy (non-hydrogen) atoms. The van der Waals surface area contributed by atoms with Gasteiger partial charge in [-0.3, -0.25) is 9.59 Å². The van der Waals surface area contributed by atoms with Crippen LogP contribution in [0.15, 0.2) is 24.3 Å². The average molecular weight is 486 g/mol. The van der Waals surface area contributed by atoms with E-state index in [1.165, 1.54) is 0 Å². The van der Waals surface area contributed by atoms with E-state index in [-0.39, 0.29) is 17.7 Å². The minimum Gasteiger partial charge on any atom is -0.444 e. The molecular formula is C28H43N3O4. The average Bonchev–Trinajstić information content (AvgIpc) is 2.77. The van der Waals surface area contributed by atoms with Crippen LogP contribution >= 0.6 is 0 Å². The minimum absolute atomic E-state index is 0.133. The molecule has 0 radical (unpaired) electrons. The van der Waals surface area contributed by atoms with Crippen molar-refractivity contribution in [2.24, 2.45) is 5.92 Å². The molecule has 0 spiro atoms. The number of carbonyl (C=O) groups excluding carboxylic acids is 3. The van der Waals surface area contributed by atoms with E-state index in [0.29, 0.717) is 37.1 Å². The molecule has 3 amide bonds. The number of hydrogen-bond acceptors (Lipinski definition) is 4. The highest BCUT2D eigenvalue weighted by Crippen LogP contribution is 2.25. The van der Waals surface area contributed by atoms with Crippen LogP contribution in [0, 0.1) is 18.3 Å². The molecule has 7 heteroatoms. The van der Waals surface area contributed by atoms with Crippen molar-refractivity contribution in [2.75, 3.05) is 13.1 Å². The number of amides is 3. The number of terminal acetylenes is 1. The van der Waals surface area contributed by atoms with Gasteiger partial charge in [0.15, 0.2) is 0 Å². The number of carbonyl (C=O) groups is 3. The van der Waals surface area contributed by atoms with Crippen LogP contribution in [0.25, 0.3) is 0 Å². The fourth-order valence-corrected chi connectivity index (χ4v) is 3.67. The molecule has 0 bridgehead atoms. The lowest BCUT2D eigenvalue weighted by Gasteiger charge is -2.35. The van der Waals surface area contributed by atoms with Crippen LogP contribution in [0.3, 0.4) is 0 Å². The number of rotatable bonds is 12. The fourth-order valence-electron chi connectivity index (χ4n) is 3.67. The lowest BCUT2D eigenvalue weighted by Crippen LogP contribution is -2.53. The summed E-state index contributed by atoms with van der Waals surface area (Å²) in [6.07, 6.45) is 7.69. The van der Waals surface area contributed by atoms with E-state index in [9.17, 15) is 14.4 Å². The van der Waals surface area contributed by atoms with Crippen molar-refractivity contribution in [3.05, 3.63) is 35.4 Å². The number of hydrogen-bond donors (Lipinski definition) is 2. The molecular weight excluding hydrogens is 442 g/mol. The quantitative estimate of drug-likeness (QED) is 0.329. The first-order valence-electron chi connectivity index (χ1n) is 12.6. The molecule has 1 rings (SSSR count). The Kier molecular flexibility index (Phi) is 12.4. The maximum absolute atomic E-state index is 13.9. The van der Waals surface area contributed by atoms with Crippen LogP contribution in [0.4, 0.5) is 4.79 Å². The molecule has 0 heterocycles. The molecule has 2 N–H and O–H groups in total. The number of unbranched alkanes of at least 4 members (excludes halogenated alkanes) is 1. The van der Waals surface area contributed by atoms with E-state index in [1.54, 1.807) is 49.9 Å². The lowest BCUT2D eigenvalue weighted by molar-refractivity contribution is -0.142. The van der Waals surface area contributed by atoms with Gasteiger partial charge in [-0.2, -0.15) is 0 Å². The minimum atomic E-state index is -0.846. The van der Waals surface area contributed by atoms with Gasteiger partial charge in [0.05, 0.1) is 0 Å². The van der Waals surface area contributed by atoms with Crippen LogP contribution in [0.5, 0.6) is 0 Å². The highest BCUT2D eigenvalue weighted by atomic mass is 16.6. The molecule has 194 valence electrons. The molecule has 0 fully saturated rings. The molecule has 1 aromatic rings. The number of ether oxygens (including phenoxy) is 1. The van der Waals surface area contributed by atoms with Gasteiger partial charge in [0.1, 0.15) is 17.7 Å². The van der Waals surface area contributed by atoms with Gasteiger partial charge in [0, 0.05) is 18.7 Å². The molecule has 7 nitrogen and oxygen atoms in total. The Morgan fingerprint density at radius 1 is 1.09 bits per heavy atom. The first-order chi connectivity index (χ1) is 16.4. The molecule has 0 aromatic heterocycles. The Hall–Kier alpha value is -3.01. The first kappa shape index (κ1) is 30.0. The summed E-state index contributed by atoms with van der Waals surface area (Å²) in [5.41, 5.74) is 0.663. The number of nitrogens with zero attached hydrogens (tertiary/aromatic N) is 1. The second-order valence-electron chi connectivity index (χ2n) is 10.2. The molecule has 2 unspecified atom stereocenters. The number of nitrogens with one attached hydrogen (secondary N) is 2. The molecule has 2 atom stereocenters. The van der Waals surface area contributed by atoms with E-state index < -0.39 is 23.8 Å². The molecule has 0 saturated heterocycles. The van der Waals surface area contributed by atoms with Gasteiger partial charge in [-0.1, -0.05) is 52.2 Å². The second kappa shape index (κ2) is 14.4. The Balaban J connectivity index is 3.39. The maximum atomic E-state index is 13.9. The highest BCUT2D eigenvalue weighted by molar-refractivity contribution is 5.92. The Bertz CT molecular complexity index is 866. The van der Waals surface area contributed by atoms with Gasteiger partial charge in [-0.25, -0.2) is 4.79 Å². The van der Waals surface area contributed by atoms with E-state index in [2.05, 4.69) is 16.6 Å². The van der Waals surface area contributed by atoms with E-state index in [1.807, 2.05) is 27.7 Å². The maximum Gasteiger partial charge on any atom is 0.408 e. The van der Waals surface area contributed by atoms with E-state index in [0.717, 1.165) is 12.8 Å². The van der Waals surface area contributed by atoms with Crippen LogP contribution in [-0.2, 0) is 14.3 Å². The van der Waals surface area contributed by atoms with Gasteiger partial charge in [-0.05, 0) is 63.6 Å². The third kappa shape index (κ3) is 10.4. The topological polar surface area (TPSA) is 87.7 Å². The zero-order valence-corrected chi connectivity index (χ0v) is 22.4. The van der Waals surface area contributed by atoms with Crippen LogP contribution < -0.4 is 10.6 Å². The van der Waals surface area contributed by atoms with Crippen LogP contribution in [-0.4, -0.2) is 47.5 Å². The second-order valence-corrected chi connectivity index (χ2v) is 10.2. The normalized spacial score (nSPS) is 12.9. The van der Waals surface area contributed by atoms with Crippen molar-refractivity contribution in [1.82, 2.24) is 15.5 Å². The highest BCUT2D eigenvalue weighted by Gasteiger charge is 2.36. The number of alkyl carbamates (subject to hydrolysis) is 1. The predicted octanol–water partition coefficient (Wildman–Crippen LogP) is 4.80. The number of benzene rings is 1. The van der Waals surface area contributed by atoms with Gasteiger partial charge >= 0.3 is 6.09 Å². The smallest absolute Gasteiger partial charge is 0.408 e. The standard InChI is InChI=1S/C28H43N3O4/c1-9-12-17-29-25(32)24(22-15-13-21(11-3)14-16-22)31(18-10-2)26(33)23(19-20(4)5)30-27(34)35-28(6,7)8/h3,13-16,20,23-24H,9-10,12,17-19H2,1-2,4-8H3,(H,29,32)(H,30,34).